The van der Waals surface area contributed by atoms with Gasteiger partial charge in [-0.3, -0.25) is 0 Å². The Morgan fingerprint density at radius 2 is 1.35 bits per heavy atom. The van der Waals surface area contributed by atoms with Crippen LogP contribution in [0.25, 0.3) is 72.2 Å². The fraction of sp³-hybridized carbons (Fsp3) is 0.133. The Labute approximate surface area is 285 Å². The molecule has 0 radical (unpaired) electrons. The lowest BCUT2D eigenvalue weighted by atomic mass is 9.86. The highest BCUT2D eigenvalue weighted by Gasteiger charge is 2.20. The molecule has 2 aliphatic rings. The molecule has 49 heavy (non-hydrogen) atoms. The number of aromatic nitrogens is 3. The fourth-order valence-electron chi connectivity index (χ4n) is 7.33. The van der Waals surface area contributed by atoms with Crippen molar-refractivity contribution in [3.63, 3.8) is 0 Å². The lowest BCUT2D eigenvalue weighted by Gasteiger charge is -2.20. The maximum absolute atomic E-state index is 6.53. The summed E-state index contributed by atoms with van der Waals surface area (Å²) in [5, 5.41) is 4.33. The number of allylic oxidation sites excluding steroid dienone is 8. The van der Waals surface area contributed by atoms with Gasteiger partial charge in [0.25, 0.3) is 0 Å². The Balaban J connectivity index is 1.17. The molecule has 0 bridgehead atoms. The van der Waals surface area contributed by atoms with E-state index in [1.54, 1.807) is 0 Å². The van der Waals surface area contributed by atoms with Crippen LogP contribution >= 0.6 is 0 Å². The molecule has 0 N–H and O–H groups in total. The summed E-state index contributed by atoms with van der Waals surface area (Å²) < 4.78 is 6.53. The average Bonchev–Trinajstić information content (AvgIpc) is 3.55. The predicted molar refractivity (Wildman–Crippen MR) is 202 cm³/mol. The molecule has 0 saturated carbocycles. The minimum absolute atomic E-state index is 0.543. The summed E-state index contributed by atoms with van der Waals surface area (Å²) in [4.78, 5) is 15.5. The molecule has 0 saturated heterocycles. The van der Waals surface area contributed by atoms with Gasteiger partial charge < -0.3 is 4.42 Å². The highest BCUT2D eigenvalue weighted by atomic mass is 16.3. The van der Waals surface area contributed by atoms with Crippen molar-refractivity contribution in [1.29, 1.82) is 0 Å². The standard InChI is InChI=1S/C45H35N3O/c1-3-12-30(13-4-1)32-17-9-19-35(20-10-18-32)43-46-44(36-26-24-33(25-27-36)31-14-5-2-6-15-31)48-45(47-43)39-22-11-23-40-41(39)38-29-28-34-16-7-8-21-37(34)42(38)49-40/h2-3,5-9,11-16,19-29,32H,1,4,10,17-18H2/b19-9-,35-20+. The number of hydrogen-bond acceptors (Lipinski definition) is 4. The Kier molecular flexibility index (Phi) is 7.55. The van der Waals surface area contributed by atoms with Crippen LogP contribution in [0.2, 0.25) is 0 Å². The van der Waals surface area contributed by atoms with Crippen LogP contribution in [-0.4, -0.2) is 15.0 Å². The van der Waals surface area contributed by atoms with E-state index in [2.05, 4.69) is 127 Å². The number of benzene rings is 5. The van der Waals surface area contributed by atoms with Crippen LogP contribution in [0.3, 0.4) is 0 Å². The first-order chi connectivity index (χ1) is 24.3. The molecule has 5 aromatic carbocycles. The first-order valence-electron chi connectivity index (χ1n) is 17.3. The SMILES string of the molecule is C1=CC(C2C/C=C\C(c3nc(-c4ccc(-c5ccccc5)cc4)nc(-c4cccc5oc6c7ccccc7ccc6c45)n3)=C/CC2)=CCC1. The summed E-state index contributed by atoms with van der Waals surface area (Å²) >= 11 is 0. The van der Waals surface area contributed by atoms with Gasteiger partial charge in [0.1, 0.15) is 11.2 Å². The van der Waals surface area contributed by atoms with Gasteiger partial charge in [0.15, 0.2) is 17.5 Å². The van der Waals surface area contributed by atoms with Crippen LogP contribution in [0.1, 0.15) is 37.9 Å². The van der Waals surface area contributed by atoms with Gasteiger partial charge in [0.2, 0.25) is 0 Å². The van der Waals surface area contributed by atoms with Crippen LogP contribution in [0.4, 0.5) is 0 Å². The molecule has 0 spiro atoms. The fourth-order valence-corrected chi connectivity index (χ4v) is 7.33. The van der Waals surface area contributed by atoms with E-state index in [4.69, 9.17) is 19.4 Å². The molecule has 4 heteroatoms. The van der Waals surface area contributed by atoms with Crippen molar-refractivity contribution in [2.75, 3.05) is 0 Å². The minimum Gasteiger partial charge on any atom is -0.455 e. The number of hydrogen-bond donors (Lipinski definition) is 0. The quantitative estimate of drug-likeness (QED) is 0.189. The van der Waals surface area contributed by atoms with E-state index in [0.29, 0.717) is 23.4 Å². The summed E-state index contributed by atoms with van der Waals surface area (Å²) in [5.41, 5.74) is 8.44. The molecule has 9 rings (SSSR count). The molecular formula is C45H35N3O. The van der Waals surface area contributed by atoms with Crippen molar-refractivity contribution in [1.82, 2.24) is 15.0 Å². The summed E-state index contributed by atoms with van der Waals surface area (Å²) in [6.07, 6.45) is 19.2. The minimum atomic E-state index is 0.543. The van der Waals surface area contributed by atoms with E-state index >= 15 is 0 Å². The zero-order valence-electron chi connectivity index (χ0n) is 27.2. The molecule has 4 nitrogen and oxygen atoms in total. The largest absolute Gasteiger partial charge is 0.455 e. The van der Waals surface area contributed by atoms with Gasteiger partial charge >= 0.3 is 0 Å². The van der Waals surface area contributed by atoms with Gasteiger partial charge in [-0.2, -0.15) is 0 Å². The zero-order valence-corrected chi connectivity index (χ0v) is 27.2. The predicted octanol–water partition coefficient (Wildman–Crippen LogP) is 11.9. The van der Waals surface area contributed by atoms with Crippen LogP contribution < -0.4 is 0 Å². The molecule has 7 aromatic rings. The molecule has 2 heterocycles. The van der Waals surface area contributed by atoms with Crippen LogP contribution in [0.15, 0.2) is 156 Å². The smallest absolute Gasteiger partial charge is 0.164 e. The molecule has 236 valence electrons. The second-order valence-electron chi connectivity index (χ2n) is 12.9. The number of furan rings is 1. The molecular weight excluding hydrogens is 599 g/mol. The zero-order chi connectivity index (χ0) is 32.6. The summed E-state index contributed by atoms with van der Waals surface area (Å²) in [5.74, 6) is 2.53. The third-order valence-corrected chi connectivity index (χ3v) is 9.86. The van der Waals surface area contributed by atoms with Gasteiger partial charge in [-0.25, -0.2) is 15.0 Å². The highest BCUT2D eigenvalue weighted by Crippen LogP contribution is 2.39. The van der Waals surface area contributed by atoms with E-state index in [1.807, 2.05) is 18.2 Å². The molecule has 2 aliphatic carbocycles. The van der Waals surface area contributed by atoms with Gasteiger partial charge in [0.05, 0.1) is 0 Å². The van der Waals surface area contributed by atoms with Crippen molar-refractivity contribution in [3.8, 4) is 33.9 Å². The van der Waals surface area contributed by atoms with Crippen molar-refractivity contribution >= 4 is 38.3 Å². The van der Waals surface area contributed by atoms with E-state index in [1.165, 1.54) is 11.1 Å². The normalized spacial score (nSPS) is 18.2. The molecule has 1 unspecified atom stereocenters. The third-order valence-electron chi connectivity index (χ3n) is 9.86. The Morgan fingerprint density at radius 1 is 0.551 bits per heavy atom. The maximum atomic E-state index is 6.53. The average molecular weight is 634 g/mol. The van der Waals surface area contributed by atoms with Gasteiger partial charge in [-0.1, -0.05) is 134 Å². The van der Waals surface area contributed by atoms with Crippen molar-refractivity contribution in [2.24, 2.45) is 5.92 Å². The molecule has 0 amide bonds. The first kappa shape index (κ1) is 29.3. The van der Waals surface area contributed by atoms with Crippen LogP contribution in [-0.2, 0) is 0 Å². The first-order valence-corrected chi connectivity index (χ1v) is 17.3. The number of rotatable bonds is 5. The second-order valence-corrected chi connectivity index (χ2v) is 12.9. The molecule has 1 atom stereocenters. The van der Waals surface area contributed by atoms with Crippen LogP contribution in [0.5, 0.6) is 0 Å². The summed E-state index contributed by atoms with van der Waals surface area (Å²) in [6.45, 7) is 0. The van der Waals surface area contributed by atoms with E-state index in [9.17, 15) is 0 Å². The molecule has 0 aliphatic heterocycles. The van der Waals surface area contributed by atoms with E-state index in [0.717, 1.165) is 87.1 Å². The van der Waals surface area contributed by atoms with Crippen molar-refractivity contribution in [2.45, 2.75) is 32.1 Å². The number of fused-ring (bicyclic) bond motifs is 5. The van der Waals surface area contributed by atoms with Gasteiger partial charge in [-0.15, -0.1) is 0 Å². The third kappa shape index (κ3) is 5.59. The Hall–Kier alpha value is -5.87. The van der Waals surface area contributed by atoms with Crippen molar-refractivity contribution < 1.29 is 4.42 Å². The van der Waals surface area contributed by atoms with E-state index in [-0.39, 0.29) is 0 Å². The summed E-state index contributed by atoms with van der Waals surface area (Å²) in [6, 6.07) is 37.8. The van der Waals surface area contributed by atoms with Gasteiger partial charge in [0, 0.05) is 32.9 Å². The topological polar surface area (TPSA) is 51.8 Å². The highest BCUT2D eigenvalue weighted by molar-refractivity contribution is 6.18. The maximum Gasteiger partial charge on any atom is 0.164 e. The molecule has 0 fully saturated rings. The lowest BCUT2D eigenvalue weighted by Crippen LogP contribution is -2.06. The van der Waals surface area contributed by atoms with E-state index < -0.39 is 0 Å². The lowest BCUT2D eigenvalue weighted by molar-refractivity contribution is 0.578. The number of nitrogens with zero attached hydrogens (tertiary/aromatic N) is 3. The summed E-state index contributed by atoms with van der Waals surface area (Å²) in [7, 11) is 0. The molecule has 2 aromatic heterocycles. The monoisotopic (exact) mass is 633 g/mol. The Bertz CT molecular complexity index is 2460. The Morgan fingerprint density at radius 3 is 2.22 bits per heavy atom. The van der Waals surface area contributed by atoms with Crippen molar-refractivity contribution in [3.05, 3.63) is 157 Å². The second kappa shape index (κ2) is 12.6. The van der Waals surface area contributed by atoms with Gasteiger partial charge in [-0.05, 0) is 72.2 Å². The van der Waals surface area contributed by atoms with Crippen LogP contribution in [0, 0.1) is 5.92 Å².